The minimum atomic E-state index is -0.0138. The summed E-state index contributed by atoms with van der Waals surface area (Å²) in [4.78, 5) is 31.7. The number of rotatable bonds is 15. The van der Waals surface area contributed by atoms with E-state index in [9.17, 15) is 9.59 Å². The Morgan fingerprint density at radius 2 is 1.63 bits per heavy atom. The number of hydrogen-bond acceptors (Lipinski definition) is 7. The molecule has 1 aliphatic heterocycles. The fraction of sp³-hybridized carbons (Fsp3) is 0.750. The standard InChI is InChI=1S/C32H51N3O6/c1-22(2)34(32(37)24-9-14-29(40-5)30(17-24)41-16-6-15-38-3)20-25-18-33-19-26(25)21-35(27-10-11-27)31(36)23-7-12-28(39-4)13-8-23/h9,14,17,22-23,25-28,33H,6-8,10-13,15-16,18-21H2,1-5H3/t23-,25-,26-,28-/m0/s1. The Morgan fingerprint density at radius 1 is 0.927 bits per heavy atom. The van der Waals surface area contributed by atoms with Gasteiger partial charge in [-0.25, -0.2) is 0 Å². The van der Waals surface area contributed by atoms with E-state index in [1.807, 2.05) is 11.0 Å². The smallest absolute Gasteiger partial charge is 0.254 e. The third kappa shape index (κ3) is 8.36. The topological polar surface area (TPSA) is 89.6 Å². The van der Waals surface area contributed by atoms with Crippen LogP contribution in [0.15, 0.2) is 18.2 Å². The van der Waals surface area contributed by atoms with E-state index in [0.29, 0.717) is 60.8 Å². The van der Waals surface area contributed by atoms with Gasteiger partial charge >= 0.3 is 0 Å². The highest BCUT2D eigenvalue weighted by Crippen LogP contribution is 2.35. The van der Waals surface area contributed by atoms with E-state index in [4.69, 9.17) is 18.9 Å². The van der Waals surface area contributed by atoms with Crippen molar-refractivity contribution in [2.75, 3.05) is 60.7 Å². The van der Waals surface area contributed by atoms with E-state index < -0.39 is 0 Å². The van der Waals surface area contributed by atoms with Crippen molar-refractivity contribution in [2.24, 2.45) is 17.8 Å². The van der Waals surface area contributed by atoms with Gasteiger partial charge in [0.05, 0.1) is 19.8 Å². The second-order valence-electron chi connectivity index (χ2n) is 12.2. The molecule has 2 saturated carbocycles. The molecule has 0 radical (unpaired) electrons. The Kier molecular flexibility index (Phi) is 11.7. The lowest BCUT2D eigenvalue weighted by Crippen LogP contribution is -2.46. The quantitative estimate of drug-likeness (QED) is 0.318. The SMILES string of the molecule is COCCCOc1cc(C(=O)N(C[C@@H]2CNC[C@H]2CN(C(=O)[C@H]2CC[C@H](OC)CC2)C2CC2)C(C)C)ccc1OC. The molecule has 0 aromatic heterocycles. The molecule has 2 aliphatic carbocycles. The molecule has 41 heavy (non-hydrogen) atoms. The molecule has 3 aliphatic rings. The van der Waals surface area contributed by atoms with Crippen LogP contribution in [0.5, 0.6) is 11.5 Å². The third-order valence-electron chi connectivity index (χ3n) is 9.01. The van der Waals surface area contributed by atoms with Gasteiger partial charge in [-0.3, -0.25) is 9.59 Å². The van der Waals surface area contributed by atoms with Crippen LogP contribution in [0, 0.1) is 17.8 Å². The van der Waals surface area contributed by atoms with Gasteiger partial charge < -0.3 is 34.1 Å². The van der Waals surface area contributed by atoms with Crippen molar-refractivity contribution in [1.82, 2.24) is 15.1 Å². The minimum absolute atomic E-state index is 0.0138. The summed E-state index contributed by atoms with van der Waals surface area (Å²) in [6.07, 6.45) is 7.03. The maximum absolute atomic E-state index is 13.8. The van der Waals surface area contributed by atoms with Crippen LogP contribution in [0.4, 0.5) is 0 Å². The zero-order chi connectivity index (χ0) is 29.4. The number of amides is 2. The van der Waals surface area contributed by atoms with Crippen LogP contribution in [-0.4, -0.2) is 101 Å². The van der Waals surface area contributed by atoms with Crippen LogP contribution in [0.1, 0.15) is 69.2 Å². The molecular formula is C32H51N3O6. The highest BCUT2D eigenvalue weighted by atomic mass is 16.5. The second kappa shape index (κ2) is 15.2. The van der Waals surface area contributed by atoms with E-state index >= 15 is 0 Å². The van der Waals surface area contributed by atoms with Crippen molar-refractivity contribution in [3.05, 3.63) is 23.8 Å². The minimum Gasteiger partial charge on any atom is -0.493 e. The molecule has 0 bridgehead atoms. The van der Waals surface area contributed by atoms with Gasteiger partial charge in [-0.2, -0.15) is 0 Å². The van der Waals surface area contributed by atoms with Gasteiger partial charge in [-0.15, -0.1) is 0 Å². The van der Waals surface area contributed by atoms with Gasteiger partial charge in [-0.1, -0.05) is 0 Å². The van der Waals surface area contributed by atoms with Gasteiger partial charge in [0, 0.05) is 77.0 Å². The number of methoxy groups -OCH3 is 3. The lowest BCUT2D eigenvalue weighted by Gasteiger charge is -2.36. The number of nitrogens with one attached hydrogen (secondary N) is 1. The van der Waals surface area contributed by atoms with Crippen LogP contribution in [0.2, 0.25) is 0 Å². The molecule has 9 heteroatoms. The molecule has 2 atom stereocenters. The molecule has 4 rings (SSSR count). The van der Waals surface area contributed by atoms with Crippen LogP contribution >= 0.6 is 0 Å². The fourth-order valence-corrected chi connectivity index (χ4v) is 6.31. The molecule has 0 unspecified atom stereocenters. The van der Waals surface area contributed by atoms with Crippen LogP contribution in [0.25, 0.3) is 0 Å². The largest absolute Gasteiger partial charge is 0.493 e. The van der Waals surface area contributed by atoms with Crippen molar-refractivity contribution in [1.29, 1.82) is 0 Å². The first kappa shape index (κ1) is 31.6. The fourth-order valence-electron chi connectivity index (χ4n) is 6.31. The summed E-state index contributed by atoms with van der Waals surface area (Å²) in [7, 11) is 5.04. The molecule has 1 N–H and O–H groups in total. The molecule has 1 aromatic carbocycles. The van der Waals surface area contributed by atoms with E-state index in [2.05, 4.69) is 24.1 Å². The number of hydrogen-bond donors (Lipinski definition) is 1. The summed E-state index contributed by atoms with van der Waals surface area (Å²) < 4.78 is 22.1. The maximum Gasteiger partial charge on any atom is 0.254 e. The van der Waals surface area contributed by atoms with Crippen molar-refractivity contribution in [2.45, 2.75) is 77.0 Å². The molecule has 0 spiro atoms. The zero-order valence-corrected chi connectivity index (χ0v) is 25.7. The number of ether oxygens (including phenoxy) is 4. The third-order valence-corrected chi connectivity index (χ3v) is 9.01. The number of benzene rings is 1. The zero-order valence-electron chi connectivity index (χ0n) is 25.7. The van der Waals surface area contributed by atoms with Crippen molar-refractivity contribution < 1.29 is 28.5 Å². The average molecular weight is 574 g/mol. The summed E-state index contributed by atoms with van der Waals surface area (Å²) in [6.45, 7) is 8.37. The predicted molar refractivity (Wildman–Crippen MR) is 158 cm³/mol. The Labute approximate surface area is 246 Å². The highest BCUT2D eigenvalue weighted by molar-refractivity contribution is 5.95. The first-order chi connectivity index (χ1) is 19.9. The van der Waals surface area contributed by atoms with Crippen LogP contribution in [-0.2, 0) is 14.3 Å². The van der Waals surface area contributed by atoms with Crippen molar-refractivity contribution in [3.63, 3.8) is 0 Å². The summed E-state index contributed by atoms with van der Waals surface area (Å²) in [6, 6.07) is 5.83. The normalized spacial score (nSPS) is 24.3. The van der Waals surface area contributed by atoms with Crippen molar-refractivity contribution >= 4 is 11.8 Å². The second-order valence-corrected chi connectivity index (χ2v) is 12.2. The Morgan fingerprint density at radius 3 is 2.24 bits per heavy atom. The lowest BCUT2D eigenvalue weighted by atomic mass is 9.85. The van der Waals surface area contributed by atoms with E-state index in [-0.39, 0.29) is 23.8 Å². The van der Waals surface area contributed by atoms with Gasteiger partial charge in [0.15, 0.2) is 11.5 Å². The first-order valence-electron chi connectivity index (χ1n) is 15.5. The van der Waals surface area contributed by atoms with Crippen LogP contribution in [0.3, 0.4) is 0 Å². The van der Waals surface area contributed by atoms with Gasteiger partial charge in [0.2, 0.25) is 5.91 Å². The molecule has 230 valence electrons. The van der Waals surface area contributed by atoms with Gasteiger partial charge in [-0.05, 0) is 82.4 Å². The monoisotopic (exact) mass is 573 g/mol. The van der Waals surface area contributed by atoms with Crippen molar-refractivity contribution in [3.8, 4) is 11.5 Å². The summed E-state index contributed by atoms with van der Waals surface area (Å²) >= 11 is 0. The summed E-state index contributed by atoms with van der Waals surface area (Å²) in [5, 5.41) is 3.56. The molecule has 1 saturated heterocycles. The molecule has 1 aromatic rings. The summed E-state index contributed by atoms with van der Waals surface area (Å²) in [5.41, 5.74) is 0.588. The summed E-state index contributed by atoms with van der Waals surface area (Å²) in [5.74, 6) is 2.21. The van der Waals surface area contributed by atoms with Gasteiger partial charge in [0.1, 0.15) is 0 Å². The Bertz CT molecular complexity index is 992. The Balaban J connectivity index is 1.41. The van der Waals surface area contributed by atoms with E-state index in [1.165, 1.54) is 0 Å². The predicted octanol–water partition coefficient (Wildman–Crippen LogP) is 3.99. The number of nitrogens with zero attached hydrogens (tertiary/aromatic N) is 2. The molecule has 9 nitrogen and oxygen atoms in total. The van der Waals surface area contributed by atoms with Gasteiger partial charge in [0.25, 0.3) is 5.91 Å². The average Bonchev–Trinajstić information content (AvgIpc) is 3.74. The first-order valence-corrected chi connectivity index (χ1v) is 15.5. The van der Waals surface area contributed by atoms with Crippen LogP contribution < -0.4 is 14.8 Å². The molecule has 1 heterocycles. The Hall–Kier alpha value is -2.36. The highest BCUT2D eigenvalue weighted by Gasteiger charge is 2.41. The lowest BCUT2D eigenvalue weighted by molar-refractivity contribution is -0.138. The number of carbonyl (C=O) groups is 2. The molecule has 3 fully saturated rings. The maximum atomic E-state index is 13.8. The number of carbonyl (C=O) groups excluding carboxylic acids is 2. The van der Waals surface area contributed by atoms with E-state index in [1.54, 1.807) is 33.5 Å². The molecule has 2 amide bonds. The van der Waals surface area contributed by atoms with E-state index in [0.717, 1.165) is 64.6 Å². The molecular weight excluding hydrogens is 522 g/mol.